The van der Waals surface area contributed by atoms with Crippen LogP contribution in [0, 0.1) is 10.1 Å². The van der Waals surface area contributed by atoms with Crippen LogP contribution < -0.4 is 5.32 Å². The fourth-order valence-corrected chi connectivity index (χ4v) is 2.13. The van der Waals surface area contributed by atoms with E-state index in [0.717, 1.165) is 0 Å². The summed E-state index contributed by atoms with van der Waals surface area (Å²) in [6, 6.07) is 6.36. The topological polar surface area (TPSA) is 76.8 Å². The van der Waals surface area contributed by atoms with Gasteiger partial charge in [0.2, 0.25) is 0 Å². The van der Waals surface area contributed by atoms with Crippen molar-refractivity contribution in [2.75, 3.05) is 7.11 Å². The van der Waals surface area contributed by atoms with Gasteiger partial charge < -0.3 is 10.1 Å². The largest absolute Gasteiger partial charge is 0.468 e. The molecule has 2 rings (SSSR count). The van der Waals surface area contributed by atoms with Gasteiger partial charge in [0, 0.05) is 10.6 Å². The van der Waals surface area contributed by atoms with E-state index in [1.165, 1.54) is 7.11 Å². The highest BCUT2D eigenvalue weighted by molar-refractivity contribution is 6.31. The van der Waals surface area contributed by atoms with E-state index in [1.807, 2.05) is 0 Å². The molecule has 1 N–H and O–H groups in total. The van der Waals surface area contributed by atoms with Gasteiger partial charge >= 0.3 is 0 Å². The van der Waals surface area contributed by atoms with Gasteiger partial charge in [-0.25, -0.2) is 4.99 Å². The lowest BCUT2D eigenvalue weighted by Gasteiger charge is -2.21. The number of methoxy groups -OCH3 is 1. The third-order valence-corrected chi connectivity index (χ3v) is 3.12. The Morgan fingerprint density at radius 1 is 1.47 bits per heavy atom. The number of rotatable bonds is 2. The van der Waals surface area contributed by atoms with Crippen LogP contribution in [0.4, 0.5) is 0 Å². The molecule has 0 saturated carbocycles. The lowest BCUT2D eigenvalue weighted by Crippen LogP contribution is -2.32. The molecule has 1 unspecified atom stereocenters. The van der Waals surface area contributed by atoms with E-state index in [4.69, 9.17) is 16.3 Å². The second-order valence-electron chi connectivity index (χ2n) is 3.95. The molecule has 0 radical (unpaired) electrons. The van der Waals surface area contributed by atoms with Crippen molar-refractivity contribution in [2.24, 2.45) is 4.99 Å². The maximum Gasteiger partial charge on any atom is 0.294 e. The molecule has 6 nitrogen and oxygen atoms in total. The smallest absolute Gasteiger partial charge is 0.294 e. The molecule has 7 heteroatoms. The average molecular weight is 282 g/mol. The Labute approximate surface area is 114 Å². The molecule has 100 valence electrons. The van der Waals surface area contributed by atoms with Crippen molar-refractivity contribution in [1.82, 2.24) is 5.32 Å². The minimum Gasteiger partial charge on any atom is -0.468 e. The lowest BCUT2D eigenvalue weighted by atomic mass is 10.0. The first-order valence-electron chi connectivity index (χ1n) is 5.53. The van der Waals surface area contributed by atoms with E-state index in [0.29, 0.717) is 16.3 Å². The number of halogens is 1. The molecule has 0 aromatic heterocycles. The summed E-state index contributed by atoms with van der Waals surface area (Å²) in [5, 5.41) is 14.4. The molecule has 0 amide bonds. The van der Waals surface area contributed by atoms with Crippen molar-refractivity contribution in [3.05, 3.63) is 56.4 Å². The first kappa shape index (κ1) is 13.4. The van der Waals surface area contributed by atoms with Crippen LogP contribution >= 0.6 is 11.6 Å². The predicted octanol–water partition coefficient (Wildman–Crippen LogP) is 2.49. The fraction of sp³-hybridized carbons (Fsp3) is 0.250. The summed E-state index contributed by atoms with van der Waals surface area (Å²) >= 11 is 6.09. The quantitative estimate of drug-likeness (QED) is 0.667. The fourth-order valence-electron chi connectivity index (χ4n) is 1.89. The minimum atomic E-state index is -0.778. The molecule has 1 aliphatic rings. The van der Waals surface area contributed by atoms with E-state index < -0.39 is 11.0 Å². The third kappa shape index (κ3) is 2.53. The highest BCUT2D eigenvalue weighted by Gasteiger charge is 2.34. The summed E-state index contributed by atoms with van der Waals surface area (Å²) in [6.45, 7) is 1.61. The summed E-state index contributed by atoms with van der Waals surface area (Å²) in [7, 11) is 1.44. The summed E-state index contributed by atoms with van der Waals surface area (Å²) < 4.78 is 5.02. The van der Waals surface area contributed by atoms with Crippen molar-refractivity contribution in [1.29, 1.82) is 0 Å². The highest BCUT2D eigenvalue weighted by Crippen LogP contribution is 2.34. The number of amidine groups is 1. The molecule has 1 aromatic rings. The third-order valence-electron chi connectivity index (χ3n) is 2.77. The van der Waals surface area contributed by atoms with Crippen LogP contribution in [-0.4, -0.2) is 18.1 Å². The number of allylic oxidation sites excluding steroid dienone is 1. The summed E-state index contributed by atoms with van der Waals surface area (Å²) in [5.74, 6) is 0. The second-order valence-corrected chi connectivity index (χ2v) is 4.36. The van der Waals surface area contributed by atoms with Gasteiger partial charge in [-0.1, -0.05) is 29.8 Å². The number of hydrogen-bond donors (Lipinski definition) is 1. The molecule has 19 heavy (non-hydrogen) atoms. The molecule has 1 heterocycles. The molecule has 0 aliphatic carbocycles. The number of hydrogen-bond acceptors (Lipinski definition) is 5. The van der Waals surface area contributed by atoms with Crippen LogP contribution in [-0.2, 0) is 4.74 Å². The maximum absolute atomic E-state index is 11.2. The predicted molar refractivity (Wildman–Crippen MR) is 71.5 cm³/mol. The molecule has 1 aromatic carbocycles. The number of benzene rings is 1. The Kier molecular flexibility index (Phi) is 3.71. The van der Waals surface area contributed by atoms with E-state index in [9.17, 15) is 10.1 Å². The van der Waals surface area contributed by atoms with Gasteiger partial charge in [-0.15, -0.1) is 0 Å². The normalized spacial score (nSPS) is 18.7. The molecule has 1 aliphatic heterocycles. The first-order chi connectivity index (χ1) is 9.04. The van der Waals surface area contributed by atoms with Crippen LogP contribution in [0.2, 0.25) is 5.02 Å². The Hall–Kier alpha value is -2.08. The number of nitrogens with one attached hydrogen (secondary N) is 1. The minimum absolute atomic E-state index is 0.0334. The van der Waals surface area contributed by atoms with Crippen molar-refractivity contribution in [3.63, 3.8) is 0 Å². The number of nitro groups is 1. The van der Waals surface area contributed by atoms with Gasteiger partial charge in [-0.2, -0.15) is 0 Å². The Balaban J connectivity index is 2.55. The molecular weight excluding hydrogens is 270 g/mol. The second kappa shape index (κ2) is 5.27. The maximum atomic E-state index is 11.2. The van der Waals surface area contributed by atoms with Gasteiger partial charge in [0.25, 0.3) is 11.7 Å². The van der Waals surface area contributed by atoms with Crippen LogP contribution in [0.5, 0.6) is 0 Å². The molecule has 0 fully saturated rings. The Morgan fingerprint density at radius 2 is 2.16 bits per heavy atom. The molecule has 1 atom stereocenters. The van der Waals surface area contributed by atoms with Crippen molar-refractivity contribution in [3.8, 4) is 0 Å². The SMILES string of the molecule is COC1=NC(c2ccccc2Cl)C([N+](=O)[O-])=C(C)N1. The zero-order chi connectivity index (χ0) is 14.0. The van der Waals surface area contributed by atoms with Gasteiger partial charge in [-0.3, -0.25) is 10.1 Å². The van der Waals surface area contributed by atoms with Gasteiger partial charge in [-0.05, 0) is 13.0 Å². The van der Waals surface area contributed by atoms with Crippen molar-refractivity contribution < 1.29 is 9.66 Å². The van der Waals surface area contributed by atoms with Crippen LogP contribution in [0.25, 0.3) is 0 Å². The monoisotopic (exact) mass is 281 g/mol. The van der Waals surface area contributed by atoms with Gasteiger partial charge in [0.1, 0.15) is 0 Å². The zero-order valence-corrected chi connectivity index (χ0v) is 11.1. The molecular formula is C12H12ClN3O3. The number of ether oxygens (including phenoxy) is 1. The molecule has 0 saturated heterocycles. The van der Waals surface area contributed by atoms with Gasteiger partial charge in [0.05, 0.1) is 17.7 Å². The molecule has 0 spiro atoms. The Bertz CT molecular complexity index is 583. The Morgan fingerprint density at radius 3 is 2.74 bits per heavy atom. The summed E-state index contributed by atoms with van der Waals surface area (Å²) in [6.07, 6.45) is 0. The summed E-state index contributed by atoms with van der Waals surface area (Å²) in [4.78, 5) is 14.9. The number of nitrogens with zero attached hydrogens (tertiary/aromatic N) is 2. The van der Waals surface area contributed by atoms with Crippen molar-refractivity contribution in [2.45, 2.75) is 13.0 Å². The van der Waals surface area contributed by atoms with Crippen LogP contribution in [0.1, 0.15) is 18.5 Å². The standard InChI is InChI=1S/C12H12ClN3O3/c1-7-11(16(17)18)10(15-12(14-7)19-2)8-5-3-4-6-9(8)13/h3-6,10H,1-2H3,(H,14,15). The van der Waals surface area contributed by atoms with Crippen LogP contribution in [0.3, 0.4) is 0 Å². The van der Waals surface area contributed by atoms with E-state index >= 15 is 0 Å². The zero-order valence-electron chi connectivity index (χ0n) is 10.4. The first-order valence-corrected chi connectivity index (χ1v) is 5.90. The summed E-state index contributed by atoms with van der Waals surface area (Å²) in [5.41, 5.74) is 0.932. The van der Waals surface area contributed by atoms with E-state index in [1.54, 1.807) is 31.2 Å². The average Bonchev–Trinajstić information content (AvgIpc) is 2.37. The lowest BCUT2D eigenvalue weighted by molar-refractivity contribution is -0.432. The van der Waals surface area contributed by atoms with Gasteiger partial charge in [0.15, 0.2) is 6.04 Å². The van der Waals surface area contributed by atoms with E-state index in [2.05, 4.69) is 10.3 Å². The highest BCUT2D eigenvalue weighted by atomic mass is 35.5. The van der Waals surface area contributed by atoms with Crippen LogP contribution in [0.15, 0.2) is 40.7 Å². The molecule has 0 bridgehead atoms. The van der Waals surface area contributed by atoms with Crippen molar-refractivity contribution >= 4 is 17.6 Å². The number of aliphatic imine (C=N–C) groups is 1. The van der Waals surface area contributed by atoms with E-state index in [-0.39, 0.29) is 11.7 Å².